The molecule has 0 aliphatic carbocycles. The summed E-state index contributed by atoms with van der Waals surface area (Å²) in [5.74, 6) is 0. The molecule has 2 aromatic rings. The molecule has 0 fully saturated rings. The number of nitrogen functional groups attached to an aromatic ring is 1. The average Bonchev–Trinajstić information content (AvgIpc) is 2.52. The number of benzene rings is 2. The van der Waals surface area contributed by atoms with Crippen molar-refractivity contribution in [2.45, 2.75) is 26.0 Å². The minimum atomic E-state index is -5.38. The molecule has 0 bridgehead atoms. The Labute approximate surface area is 171 Å². The Balaban J connectivity index is 2.99. The first kappa shape index (κ1) is 24.2. The first-order valence-corrected chi connectivity index (χ1v) is 13.0. The van der Waals surface area contributed by atoms with Crippen LogP contribution in [0.25, 0.3) is 0 Å². The quantitative estimate of drug-likeness (QED) is 0.254. The standard InChI is InChI=1S/C13H13NO12S4/c14-9-4-5-11(28(18,19)20)13(30(24,25)26)8(9)6-7-2-1-3-10(27(15,16)17)12(7)29(21,22)23/h1-5H,6,14H2,(H,15,16,17)(H,18,19,20)(H,21,22,23)(H,24,25,26). The van der Waals surface area contributed by atoms with Gasteiger partial charge >= 0.3 is 0 Å². The van der Waals surface area contributed by atoms with E-state index in [-0.39, 0.29) is 0 Å². The van der Waals surface area contributed by atoms with Crippen LogP contribution in [0.1, 0.15) is 11.1 Å². The molecule has 2 aromatic carbocycles. The van der Waals surface area contributed by atoms with Gasteiger partial charge in [-0.1, -0.05) is 12.1 Å². The van der Waals surface area contributed by atoms with Crippen LogP contribution >= 0.6 is 0 Å². The van der Waals surface area contributed by atoms with Gasteiger partial charge in [-0.05, 0) is 23.8 Å². The first-order valence-electron chi connectivity index (χ1n) is 7.28. The third-order valence-electron chi connectivity index (χ3n) is 3.76. The Morgan fingerprint density at radius 3 is 1.53 bits per heavy atom. The minimum Gasteiger partial charge on any atom is -0.398 e. The summed E-state index contributed by atoms with van der Waals surface area (Å²) in [5, 5.41) is 0. The summed E-state index contributed by atoms with van der Waals surface area (Å²) in [5.41, 5.74) is 3.78. The molecule has 166 valence electrons. The van der Waals surface area contributed by atoms with Gasteiger partial charge < -0.3 is 5.73 Å². The number of hydrogen-bond acceptors (Lipinski definition) is 9. The highest BCUT2D eigenvalue weighted by molar-refractivity contribution is 7.89. The van der Waals surface area contributed by atoms with Crippen molar-refractivity contribution >= 4 is 46.2 Å². The molecule has 0 saturated heterocycles. The Hall–Kier alpha value is -2.12. The van der Waals surface area contributed by atoms with Gasteiger partial charge in [-0.15, -0.1) is 0 Å². The maximum absolute atomic E-state index is 11.8. The van der Waals surface area contributed by atoms with E-state index in [1.807, 2.05) is 0 Å². The van der Waals surface area contributed by atoms with Crippen molar-refractivity contribution < 1.29 is 51.9 Å². The fraction of sp³-hybridized carbons (Fsp3) is 0.0769. The molecule has 0 heterocycles. The van der Waals surface area contributed by atoms with Crippen LogP contribution in [0.5, 0.6) is 0 Å². The van der Waals surface area contributed by atoms with Crippen LogP contribution in [0.4, 0.5) is 5.69 Å². The van der Waals surface area contributed by atoms with Crippen LogP contribution in [-0.4, -0.2) is 51.9 Å². The van der Waals surface area contributed by atoms with Crippen LogP contribution in [-0.2, 0) is 46.9 Å². The van der Waals surface area contributed by atoms with E-state index in [4.69, 9.17) is 5.73 Å². The lowest BCUT2D eigenvalue weighted by molar-refractivity contribution is 0.464. The fourth-order valence-electron chi connectivity index (χ4n) is 2.68. The largest absolute Gasteiger partial charge is 0.398 e. The number of hydrogen-bond donors (Lipinski definition) is 5. The Morgan fingerprint density at radius 2 is 1.10 bits per heavy atom. The smallest absolute Gasteiger partial charge is 0.296 e. The van der Waals surface area contributed by atoms with Gasteiger partial charge in [0.25, 0.3) is 40.5 Å². The van der Waals surface area contributed by atoms with Crippen LogP contribution < -0.4 is 5.73 Å². The molecule has 30 heavy (non-hydrogen) atoms. The van der Waals surface area contributed by atoms with Gasteiger partial charge in [0.1, 0.15) is 19.6 Å². The molecule has 2 rings (SSSR count). The molecular weight excluding hydrogens is 490 g/mol. The fourth-order valence-corrected chi connectivity index (χ4v) is 6.77. The second-order valence-electron chi connectivity index (χ2n) is 5.78. The van der Waals surface area contributed by atoms with Crippen LogP contribution in [0.2, 0.25) is 0 Å². The number of anilines is 1. The highest BCUT2D eigenvalue weighted by Gasteiger charge is 2.32. The predicted molar refractivity (Wildman–Crippen MR) is 99.4 cm³/mol. The van der Waals surface area contributed by atoms with E-state index in [0.717, 1.165) is 18.2 Å². The summed E-state index contributed by atoms with van der Waals surface area (Å²) in [6.07, 6.45) is -0.956. The molecule has 13 nitrogen and oxygen atoms in total. The Bertz CT molecular complexity index is 1460. The van der Waals surface area contributed by atoms with E-state index in [9.17, 15) is 51.9 Å². The lowest BCUT2D eigenvalue weighted by Crippen LogP contribution is -2.16. The van der Waals surface area contributed by atoms with Crippen molar-refractivity contribution in [3.63, 3.8) is 0 Å². The molecule has 0 aliphatic heterocycles. The van der Waals surface area contributed by atoms with Crippen LogP contribution in [0, 0.1) is 0 Å². The highest BCUT2D eigenvalue weighted by Crippen LogP contribution is 2.34. The van der Waals surface area contributed by atoms with Gasteiger partial charge in [0.15, 0.2) is 0 Å². The van der Waals surface area contributed by atoms with Crippen molar-refractivity contribution in [3.8, 4) is 0 Å². The molecule has 0 unspecified atom stereocenters. The Kier molecular flexibility index (Phi) is 6.07. The Morgan fingerprint density at radius 1 is 0.633 bits per heavy atom. The molecule has 0 aliphatic rings. The van der Waals surface area contributed by atoms with Gasteiger partial charge in [-0.3, -0.25) is 18.2 Å². The summed E-state index contributed by atoms with van der Waals surface area (Å²) in [4.78, 5) is -5.25. The molecule has 17 heteroatoms. The zero-order chi connectivity index (χ0) is 23.3. The van der Waals surface area contributed by atoms with E-state index in [1.54, 1.807) is 0 Å². The van der Waals surface area contributed by atoms with Crippen LogP contribution in [0.3, 0.4) is 0 Å². The second-order valence-corrected chi connectivity index (χ2v) is 11.3. The van der Waals surface area contributed by atoms with Gasteiger partial charge in [-0.25, -0.2) is 0 Å². The third kappa shape index (κ3) is 4.95. The first-order chi connectivity index (χ1) is 13.3. The summed E-state index contributed by atoms with van der Waals surface area (Å²) in [7, 11) is -21.1. The molecule has 0 radical (unpaired) electrons. The monoisotopic (exact) mass is 503 g/mol. The maximum Gasteiger partial charge on any atom is 0.296 e. The topological polar surface area (TPSA) is 243 Å². The molecule has 0 atom stereocenters. The van der Waals surface area contributed by atoms with Gasteiger partial charge in [0.2, 0.25) is 0 Å². The van der Waals surface area contributed by atoms with Crippen molar-refractivity contribution in [2.75, 3.05) is 5.73 Å². The lowest BCUT2D eigenvalue weighted by atomic mass is 10.0. The van der Waals surface area contributed by atoms with Crippen molar-refractivity contribution in [3.05, 3.63) is 41.5 Å². The highest BCUT2D eigenvalue weighted by atomic mass is 32.2. The summed E-state index contributed by atoms with van der Waals surface area (Å²) in [6, 6.07) is 3.86. The number of rotatable bonds is 6. The lowest BCUT2D eigenvalue weighted by Gasteiger charge is -2.16. The predicted octanol–water partition coefficient (Wildman–Crippen LogP) is -0.154. The molecular formula is C13H13NO12S4. The summed E-state index contributed by atoms with van der Waals surface area (Å²) >= 11 is 0. The van der Waals surface area contributed by atoms with Gasteiger partial charge in [0, 0.05) is 17.7 Å². The van der Waals surface area contributed by atoms with Gasteiger partial charge in [-0.2, -0.15) is 33.7 Å². The van der Waals surface area contributed by atoms with E-state index < -0.39 is 83.3 Å². The molecule has 6 N–H and O–H groups in total. The van der Waals surface area contributed by atoms with Crippen molar-refractivity contribution in [2.24, 2.45) is 0 Å². The average molecular weight is 504 g/mol. The molecule has 0 spiro atoms. The SMILES string of the molecule is Nc1ccc(S(=O)(=O)O)c(S(=O)(=O)O)c1Cc1cccc(S(=O)(=O)O)c1S(=O)(=O)O. The van der Waals surface area contributed by atoms with Gasteiger partial charge in [0.05, 0.1) is 0 Å². The van der Waals surface area contributed by atoms with Crippen LogP contribution in [0.15, 0.2) is 49.9 Å². The summed E-state index contributed by atoms with van der Waals surface area (Å²) < 4.78 is 131. The molecule has 0 saturated carbocycles. The normalized spacial score (nSPS) is 13.3. The molecule has 0 aromatic heterocycles. The zero-order valence-electron chi connectivity index (χ0n) is 14.4. The van der Waals surface area contributed by atoms with E-state index in [2.05, 4.69) is 0 Å². The maximum atomic E-state index is 11.8. The van der Waals surface area contributed by atoms with Crippen molar-refractivity contribution in [1.82, 2.24) is 0 Å². The summed E-state index contributed by atoms with van der Waals surface area (Å²) in [6.45, 7) is 0. The van der Waals surface area contributed by atoms with E-state index in [1.165, 1.54) is 0 Å². The van der Waals surface area contributed by atoms with E-state index in [0.29, 0.717) is 12.1 Å². The minimum absolute atomic E-state index is 0.492. The van der Waals surface area contributed by atoms with Crippen molar-refractivity contribution in [1.29, 1.82) is 0 Å². The van der Waals surface area contributed by atoms with E-state index >= 15 is 0 Å². The number of nitrogens with two attached hydrogens (primary N) is 1. The molecule has 0 amide bonds. The zero-order valence-corrected chi connectivity index (χ0v) is 17.6. The second kappa shape index (κ2) is 7.54. The third-order valence-corrected chi connectivity index (χ3v) is 7.79.